The van der Waals surface area contributed by atoms with Crippen LogP contribution in [0.25, 0.3) is 22.5 Å². The van der Waals surface area contributed by atoms with E-state index in [1.54, 1.807) is 0 Å². The van der Waals surface area contributed by atoms with Gasteiger partial charge in [-0.3, -0.25) is 0 Å². The fraction of sp³-hybridized carbons (Fsp3) is 0.400. The summed E-state index contributed by atoms with van der Waals surface area (Å²) in [6, 6.07) is 17.7. The van der Waals surface area contributed by atoms with E-state index in [4.69, 9.17) is 9.26 Å². The Kier molecular flexibility index (Phi) is 4.77. The van der Waals surface area contributed by atoms with E-state index >= 15 is 0 Å². The van der Waals surface area contributed by atoms with Crippen LogP contribution in [0.4, 0.5) is 0 Å². The predicted octanol–water partition coefficient (Wildman–Crippen LogP) is 6.16. The number of nitrogens with zero attached hydrogens (tertiary/aromatic N) is 1. The first-order chi connectivity index (χ1) is 13.8. The first-order valence-electron chi connectivity index (χ1n) is 10.5. The van der Waals surface area contributed by atoms with Crippen molar-refractivity contribution in [1.29, 1.82) is 0 Å². The quantitative estimate of drug-likeness (QED) is 0.443. The van der Waals surface area contributed by atoms with Crippen LogP contribution in [-0.2, 0) is 11.2 Å². The molecule has 2 aliphatic carbocycles. The molecule has 0 aliphatic heterocycles. The normalized spacial score (nSPS) is 16.5. The lowest BCUT2D eigenvalue weighted by Crippen LogP contribution is -2.02. The topological polar surface area (TPSA) is 35.3 Å². The second-order valence-electron chi connectivity index (χ2n) is 8.32. The van der Waals surface area contributed by atoms with Crippen LogP contribution in [0.15, 0.2) is 53.1 Å². The Morgan fingerprint density at radius 1 is 0.893 bits per heavy atom. The summed E-state index contributed by atoms with van der Waals surface area (Å²) in [5.41, 5.74) is 7.18. The minimum absolute atomic E-state index is 0.733. The van der Waals surface area contributed by atoms with Crippen molar-refractivity contribution in [2.24, 2.45) is 5.92 Å². The number of ether oxygens (including phenoxy) is 1. The van der Waals surface area contributed by atoms with Crippen molar-refractivity contribution >= 4 is 0 Å². The molecule has 0 amide bonds. The maximum atomic E-state index is 5.82. The average Bonchev–Trinajstić information content (AvgIpc) is 3.65. The largest absolute Gasteiger partial charge is 0.381 e. The van der Waals surface area contributed by atoms with Crippen LogP contribution >= 0.6 is 0 Å². The first kappa shape index (κ1) is 17.7. The smallest absolute Gasteiger partial charge is 0.170 e. The number of hydrogen-bond acceptors (Lipinski definition) is 3. The van der Waals surface area contributed by atoms with Crippen molar-refractivity contribution in [1.82, 2.24) is 5.16 Å². The second-order valence-corrected chi connectivity index (χ2v) is 8.32. The molecule has 3 heteroatoms. The zero-order chi connectivity index (χ0) is 18.9. The van der Waals surface area contributed by atoms with E-state index in [2.05, 4.69) is 53.7 Å². The monoisotopic (exact) mass is 373 g/mol. The molecule has 0 saturated heterocycles. The van der Waals surface area contributed by atoms with Crippen molar-refractivity contribution in [3.63, 3.8) is 0 Å². The molecule has 1 aromatic heterocycles. The van der Waals surface area contributed by atoms with Gasteiger partial charge in [-0.2, -0.15) is 0 Å². The number of benzene rings is 2. The molecular weight excluding hydrogens is 346 g/mol. The van der Waals surface area contributed by atoms with Crippen molar-refractivity contribution < 1.29 is 9.26 Å². The standard InChI is InChI=1S/C25H27NO2/c1-17-24(14-15-27-16-18-2-3-18)25(28-26-17)23-12-10-22(11-13-23)21-8-6-20(7-9-21)19-4-5-19/h6-13,18-19H,2-5,14-16H2,1H3. The van der Waals surface area contributed by atoms with E-state index in [0.717, 1.165) is 54.1 Å². The maximum Gasteiger partial charge on any atom is 0.170 e. The summed E-state index contributed by atoms with van der Waals surface area (Å²) >= 11 is 0. The highest BCUT2D eigenvalue weighted by molar-refractivity contribution is 5.70. The zero-order valence-electron chi connectivity index (χ0n) is 16.5. The molecule has 0 radical (unpaired) electrons. The Labute approximate surface area is 166 Å². The van der Waals surface area contributed by atoms with E-state index < -0.39 is 0 Å². The highest BCUT2D eigenvalue weighted by Crippen LogP contribution is 2.40. The second kappa shape index (κ2) is 7.56. The molecule has 2 saturated carbocycles. The first-order valence-corrected chi connectivity index (χ1v) is 10.5. The molecule has 5 rings (SSSR count). The van der Waals surface area contributed by atoms with Gasteiger partial charge in [0.05, 0.1) is 12.3 Å². The van der Waals surface area contributed by atoms with Crippen molar-refractivity contribution in [2.45, 2.75) is 44.9 Å². The van der Waals surface area contributed by atoms with Crippen LogP contribution in [0, 0.1) is 12.8 Å². The van der Waals surface area contributed by atoms with Crippen LogP contribution in [0.1, 0.15) is 48.4 Å². The third kappa shape index (κ3) is 3.90. The van der Waals surface area contributed by atoms with Gasteiger partial charge in [-0.25, -0.2) is 0 Å². The van der Waals surface area contributed by atoms with Crippen molar-refractivity contribution in [3.8, 4) is 22.5 Å². The van der Waals surface area contributed by atoms with Crippen LogP contribution in [-0.4, -0.2) is 18.4 Å². The van der Waals surface area contributed by atoms with E-state index in [0.29, 0.717) is 0 Å². The lowest BCUT2D eigenvalue weighted by molar-refractivity contribution is 0.127. The molecule has 0 bridgehead atoms. The summed E-state index contributed by atoms with van der Waals surface area (Å²) in [6.45, 7) is 3.64. The van der Waals surface area contributed by atoms with Gasteiger partial charge in [0.25, 0.3) is 0 Å². The Hall–Kier alpha value is -2.39. The molecule has 3 nitrogen and oxygen atoms in total. The molecule has 3 aromatic rings. The van der Waals surface area contributed by atoms with E-state index in [1.807, 2.05) is 6.92 Å². The van der Waals surface area contributed by atoms with Crippen LogP contribution in [0.3, 0.4) is 0 Å². The molecule has 0 atom stereocenters. The molecule has 2 aromatic carbocycles. The molecule has 0 N–H and O–H groups in total. The predicted molar refractivity (Wildman–Crippen MR) is 111 cm³/mol. The molecular formula is C25H27NO2. The highest BCUT2D eigenvalue weighted by Gasteiger charge is 2.23. The Morgan fingerprint density at radius 3 is 2.18 bits per heavy atom. The van der Waals surface area contributed by atoms with Crippen LogP contribution in [0.5, 0.6) is 0 Å². The average molecular weight is 373 g/mol. The minimum Gasteiger partial charge on any atom is -0.381 e. The summed E-state index contributed by atoms with van der Waals surface area (Å²) < 4.78 is 11.5. The maximum absolute atomic E-state index is 5.82. The molecule has 0 spiro atoms. The van der Waals surface area contributed by atoms with E-state index in [-0.39, 0.29) is 0 Å². The lowest BCUT2D eigenvalue weighted by Gasteiger charge is -2.07. The zero-order valence-corrected chi connectivity index (χ0v) is 16.5. The number of aromatic nitrogens is 1. The molecule has 2 fully saturated rings. The molecule has 28 heavy (non-hydrogen) atoms. The molecule has 2 aliphatic rings. The van der Waals surface area contributed by atoms with Gasteiger partial charge in [0, 0.05) is 24.2 Å². The van der Waals surface area contributed by atoms with Gasteiger partial charge < -0.3 is 9.26 Å². The summed E-state index contributed by atoms with van der Waals surface area (Å²) in [6.07, 6.45) is 6.19. The number of hydrogen-bond donors (Lipinski definition) is 0. The van der Waals surface area contributed by atoms with Crippen LogP contribution in [0.2, 0.25) is 0 Å². The van der Waals surface area contributed by atoms with Gasteiger partial charge in [-0.15, -0.1) is 0 Å². The fourth-order valence-corrected chi connectivity index (χ4v) is 3.80. The van der Waals surface area contributed by atoms with Gasteiger partial charge in [-0.05, 0) is 61.1 Å². The van der Waals surface area contributed by atoms with E-state index in [1.165, 1.54) is 42.4 Å². The summed E-state index contributed by atoms with van der Waals surface area (Å²) in [5, 5.41) is 4.20. The lowest BCUT2D eigenvalue weighted by atomic mass is 9.99. The summed E-state index contributed by atoms with van der Waals surface area (Å²) in [4.78, 5) is 0. The molecule has 144 valence electrons. The number of aryl methyl sites for hydroxylation is 1. The Balaban J connectivity index is 1.29. The highest BCUT2D eigenvalue weighted by atomic mass is 16.5. The Bertz CT molecular complexity index is 932. The van der Waals surface area contributed by atoms with E-state index in [9.17, 15) is 0 Å². The van der Waals surface area contributed by atoms with Gasteiger partial charge in [0.1, 0.15) is 0 Å². The fourth-order valence-electron chi connectivity index (χ4n) is 3.80. The number of rotatable bonds is 8. The van der Waals surface area contributed by atoms with Gasteiger partial charge in [0.15, 0.2) is 5.76 Å². The molecule has 1 heterocycles. The molecule has 0 unspecified atom stereocenters. The van der Waals surface area contributed by atoms with Gasteiger partial charge in [0.2, 0.25) is 0 Å². The van der Waals surface area contributed by atoms with Crippen LogP contribution < -0.4 is 0 Å². The van der Waals surface area contributed by atoms with Crippen molar-refractivity contribution in [2.75, 3.05) is 13.2 Å². The third-order valence-corrected chi connectivity index (χ3v) is 5.97. The third-order valence-electron chi connectivity index (χ3n) is 5.97. The SMILES string of the molecule is Cc1noc(-c2ccc(-c3ccc(C4CC4)cc3)cc2)c1CCOCC1CC1. The minimum atomic E-state index is 0.733. The van der Waals surface area contributed by atoms with Gasteiger partial charge >= 0.3 is 0 Å². The Morgan fingerprint density at radius 2 is 1.54 bits per heavy atom. The summed E-state index contributed by atoms with van der Waals surface area (Å²) in [5.74, 6) is 2.48. The van der Waals surface area contributed by atoms with Crippen molar-refractivity contribution in [3.05, 3.63) is 65.4 Å². The van der Waals surface area contributed by atoms with Gasteiger partial charge in [-0.1, -0.05) is 53.7 Å². The summed E-state index contributed by atoms with van der Waals surface area (Å²) in [7, 11) is 0.